The van der Waals surface area contributed by atoms with Crippen LogP contribution in [0.25, 0.3) is 0 Å². The molecule has 0 saturated carbocycles. The van der Waals surface area contributed by atoms with E-state index in [1.807, 2.05) is 54.6 Å². The molecular weight excluding hydrogens is 372 g/mol. The van der Waals surface area contributed by atoms with Crippen molar-refractivity contribution in [3.8, 4) is 0 Å². The third-order valence-electron chi connectivity index (χ3n) is 5.40. The summed E-state index contributed by atoms with van der Waals surface area (Å²) in [6.07, 6.45) is 2.19. The first-order chi connectivity index (χ1) is 14.7. The van der Waals surface area contributed by atoms with Crippen LogP contribution in [-0.2, 0) is 10.3 Å². The van der Waals surface area contributed by atoms with Crippen molar-refractivity contribution in [1.29, 1.82) is 0 Å². The summed E-state index contributed by atoms with van der Waals surface area (Å²) in [7, 11) is 0. The molecule has 0 aliphatic carbocycles. The molecule has 0 aliphatic rings. The lowest BCUT2D eigenvalue weighted by atomic mass is 9.80. The van der Waals surface area contributed by atoms with Crippen molar-refractivity contribution in [2.75, 3.05) is 13.2 Å². The van der Waals surface area contributed by atoms with Crippen molar-refractivity contribution < 1.29 is 14.9 Å². The van der Waals surface area contributed by atoms with E-state index in [2.05, 4.69) is 43.0 Å². The Labute approximate surface area is 179 Å². The lowest BCUT2D eigenvalue weighted by Gasteiger charge is -2.36. The van der Waals surface area contributed by atoms with E-state index in [0.717, 1.165) is 16.7 Å². The van der Waals surface area contributed by atoms with E-state index in [1.54, 1.807) is 6.08 Å². The summed E-state index contributed by atoms with van der Waals surface area (Å²) in [5.74, 6) is -0.0272. The van der Waals surface area contributed by atoms with Crippen LogP contribution in [0.3, 0.4) is 0 Å². The lowest BCUT2D eigenvalue weighted by Crippen LogP contribution is -2.36. The highest BCUT2D eigenvalue weighted by Crippen LogP contribution is 2.40. The van der Waals surface area contributed by atoms with Crippen molar-refractivity contribution in [1.82, 2.24) is 0 Å². The van der Waals surface area contributed by atoms with E-state index in [-0.39, 0.29) is 19.1 Å². The van der Waals surface area contributed by atoms with Gasteiger partial charge < -0.3 is 14.9 Å². The fourth-order valence-corrected chi connectivity index (χ4v) is 3.92. The molecule has 0 aliphatic heterocycles. The second-order valence-corrected chi connectivity index (χ2v) is 7.55. The molecule has 0 heterocycles. The number of rotatable bonds is 11. The van der Waals surface area contributed by atoms with E-state index in [1.165, 1.54) is 0 Å². The minimum Gasteiger partial charge on any atom is -0.396 e. The summed E-state index contributed by atoms with van der Waals surface area (Å²) in [4.78, 5) is 0. The van der Waals surface area contributed by atoms with E-state index in [4.69, 9.17) is 4.74 Å². The maximum absolute atomic E-state index is 10.7. The van der Waals surface area contributed by atoms with Gasteiger partial charge in [-0.15, -0.1) is 6.58 Å². The van der Waals surface area contributed by atoms with Gasteiger partial charge in [0.2, 0.25) is 0 Å². The second kappa shape index (κ2) is 10.9. The van der Waals surface area contributed by atoms with Crippen LogP contribution in [0.15, 0.2) is 104 Å². The molecule has 0 spiro atoms. The first-order valence-corrected chi connectivity index (χ1v) is 10.4. The Kier molecular flexibility index (Phi) is 7.97. The van der Waals surface area contributed by atoms with Crippen LogP contribution in [0.1, 0.15) is 29.5 Å². The Morgan fingerprint density at radius 1 is 0.800 bits per heavy atom. The predicted octanol–water partition coefficient (Wildman–Crippen LogP) is 4.93. The van der Waals surface area contributed by atoms with Gasteiger partial charge >= 0.3 is 0 Å². The van der Waals surface area contributed by atoms with Crippen molar-refractivity contribution in [3.63, 3.8) is 0 Å². The minimum atomic E-state index is -0.849. The van der Waals surface area contributed by atoms with Gasteiger partial charge in [-0.3, -0.25) is 0 Å². The SMILES string of the molecule is C=CC[C@H](CO)C[C@@H](O)COC(c1ccccc1)(c1ccccc1)c1ccccc1. The Balaban J connectivity index is 2.00. The van der Waals surface area contributed by atoms with Crippen LogP contribution in [0.4, 0.5) is 0 Å². The second-order valence-electron chi connectivity index (χ2n) is 7.55. The molecule has 0 amide bonds. The largest absolute Gasteiger partial charge is 0.396 e. The molecular formula is C27H30O3. The van der Waals surface area contributed by atoms with Gasteiger partial charge in [0, 0.05) is 6.61 Å². The van der Waals surface area contributed by atoms with Crippen LogP contribution in [0.5, 0.6) is 0 Å². The molecule has 0 saturated heterocycles. The van der Waals surface area contributed by atoms with Gasteiger partial charge in [0.15, 0.2) is 0 Å². The predicted molar refractivity (Wildman–Crippen MR) is 121 cm³/mol. The highest BCUT2D eigenvalue weighted by molar-refractivity contribution is 5.47. The summed E-state index contributed by atoms with van der Waals surface area (Å²) in [6.45, 7) is 3.90. The molecule has 30 heavy (non-hydrogen) atoms. The molecule has 3 rings (SSSR count). The van der Waals surface area contributed by atoms with Gasteiger partial charge in [-0.2, -0.15) is 0 Å². The van der Waals surface area contributed by atoms with E-state index in [9.17, 15) is 10.2 Å². The molecule has 0 fully saturated rings. The maximum atomic E-state index is 10.7. The topological polar surface area (TPSA) is 49.7 Å². The summed E-state index contributed by atoms with van der Waals surface area (Å²) >= 11 is 0. The Hall–Kier alpha value is -2.72. The quantitative estimate of drug-likeness (QED) is 0.353. The zero-order valence-corrected chi connectivity index (χ0v) is 17.2. The van der Waals surface area contributed by atoms with Crippen LogP contribution in [-0.4, -0.2) is 29.5 Å². The van der Waals surface area contributed by atoms with E-state index < -0.39 is 11.7 Å². The highest BCUT2D eigenvalue weighted by atomic mass is 16.5. The third kappa shape index (κ3) is 5.06. The van der Waals surface area contributed by atoms with E-state index in [0.29, 0.717) is 12.8 Å². The standard InChI is InChI=1S/C27H30O3/c1-2-12-22(20-28)19-26(29)21-30-27(23-13-6-3-7-14-23,24-15-8-4-9-16-24)25-17-10-5-11-18-25/h2-11,13-18,22,26,28-29H,1,12,19-21H2/t22-,26+/m0/s1. The summed E-state index contributed by atoms with van der Waals surface area (Å²) in [6, 6.07) is 30.3. The molecule has 0 bridgehead atoms. The number of ether oxygens (including phenoxy) is 1. The number of allylic oxidation sites excluding steroid dienone is 1. The van der Waals surface area contributed by atoms with Crippen LogP contribution in [0.2, 0.25) is 0 Å². The molecule has 2 N–H and O–H groups in total. The Bertz CT molecular complexity index is 781. The lowest BCUT2D eigenvalue weighted by molar-refractivity contribution is -0.0459. The molecule has 3 aromatic carbocycles. The van der Waals surface area contributed by atoms with Crippen LogP contribution < -0.4 is 0 Å². The normalized spacial score (nSPS) is 13.5. The number of benzene rings is 3. The maximum Gasteiger partial charge on any atom is 0.143 e. The molecule has 3 aromatic rings. The molecule has 0 unspecified atom stereocenters. The van der Waals surface area contributed by atoms with Crippen molar-refractivity contribution in [3.05, 3.63) is 120 Å². The number of aliphatic hydroxyl groups is 2. The molecule has 156 valence electrons. The van der Waals surface area contributed by atoms with Gasteiger partial charge in [-0.25, -0.2) is 0 Å². The molecule has 3 heteroatoms. The highest BCUT2D eigenvalue weighted by Gasteiger charge is 2.38. The van der Waals surface area contributed by atoms with Crippen LogP contribution in [0, 0.1) is 5.92 Å². The van der Waals surface area contributed by atoms with Gasteiger partial charge in [-0.05, 0) is 35.4 Å². The fourth-order valence-electron chi connectivity index (χ4n) is 3.92. The Morgan fingerprint density at radius 2 is 1.23 bits per heavy atom. The number of hydrogen-bond acceptors (Lipinski definition) is 3. The zero-order valence-electron chi connectivity index (χ0n) is 17.2. The van der Waals surface area contributed by atoms with Crippen molar-refractivity contribution in [2.24, 2.45) is 5.92 Å². The van der Waals surface area contributed by atoms with Gasteiger partial charge in [0.1, 0.15) is 5.60 Å². The average Bonchev–Trinajstić information content (AvgIpc) is 2.81. The van der Waals surface area contributed by atoms with Gasteiger partial charge in [0.25, 0.3) is 0 Å². The molecule has 0 aromatic heterocycles. The van der Waals surface area contributed by atoms with Gasteiger partial charge in [-0.1, -0.05) is 97.1 Å². The van der Waals surface area contributed by atoms with Crippen molar-refractivity contribution in [2.45, 2.75) is 24.5 Å². The van der Waals surface area contributed by atoms with Crippen LogP contribution >= 0.6 is 0 Å². The summed E-state index contributed by atoms with van der Waals surface area (Å²) in [5.41, 5.74) is 2.15. The first-order valence-electron chi connectivity index (χ1n) is 10.4. The van der Waals surface area contributed by atoms with Crippen molar-refractivity contribution >= 4 is 0 Å². The summed E-state index contributed by atoms with van der Waals surface area (Å²) < 4.78 is 6.62. The molecule has 3 nitrogen and oxygen atoms in total. The summed E-state index contributed by atoms with van der Waals surface area (Å²) in [5, 5.41) is 20.3. The number of aliphatic hydroxyl groups excluding tert-OH is 2. The smallest absolute Gasteiger partial charge is 0.143 e. The first kappa shape index (κ1) is 22.0. The fraction of sp³-hybridized carbons (Fsp3) is 0.259. The van der Waals surface area contributed by atoms with Gasteiger partial charge in [0.05, 0.1) is 12.7 Å². The monoisotopic (exact) mass is 402 g/mol. The zero-order chi connectivity index (χ0) is 21.2. The molecule has 2 atom stereocenters. The minimum absolute atomic E-state index is 0.0181. The number of hydrogen-bond donors (Lipinski definition) is 2. The van der Waals surface area contributed by atoms with E-state index >= 15 is 0 Å². The molecule has 0 radical (unpaired) electrons. The Morgan fingerprint density at radius 3 is 1.60 bits per heavy atom. The third-order valence-corrected chi connectivity index (χ3v) is 5.40. The average molecular weight is 403 g/mol.